The molecule has 5 aliphatic rings. The molecule has 3 nitrogen and oxygen atoms in total. The normalized spacial score (nSPS) is 21.0. The molecule has 0 saturated heterocycles. The van der Waals surface area contributed by atoms with Gasteiger partial charge in [0.2, 0.25) is 0 Å². The van der Waals surface area contributed by atoms with Gasteiger partial charge in [-0.25, -0.2) is 0 Å². The predicted molar refractivity (Wildman–Crippen MR) is 289 cm³/mol. The zero-order valence-corrected chi connectivity index (χ0v) is 44.5. The van der Waals surface area contributed by atoms with Gasteiger partial charge in [0, 0.05) is 33.8 Å². The molecule has 67 heavy (non-hydrogen) atoms. The van der Waals surface area contributed by atoms with E-state index in [9.17, 15) is 0 Å². The lowest BCUT2D eigenvalue weighted by Crippen LogP contribution is -2.61. The SMILES string of the molecule is Cc1cc2c3c(c1)N(c1cc4c(cc1C)C(C)(C)CCC4(C)C)c1c(oc4cc5c(cc14)C(C)(C)CCC5(C)C)B3c1cc3c(cc1N2c1ccc(C(C)(C)C)cc1C)C(C)(C)CCC3(C)C. The van der Waals surface area contributed by atoms with Crippen LogP contribution in [0.25, 0.3) is 11.0 Å². The van der Waals surface area contributed by atoms with Gasteiger partial charge in [0.1, 0.15) is 5.58 Å². The van der Waals surface area contributed by atoms with E-state index in [0.717, 1.165) is 11.2 Å². The molecule has 0 bridgehead atoms. The van der Waals surface area contributed by atoms with E-state index in [4.69, 9.17) is 4.42 Å². The molecule has 3 heterocycles. The Morgan fingerprint density at radius 3 is 1.43 bits per heavy atom. The fourth-order valence-electron chi connectivity index (χ4n) is 13.6. The molecule has 0 N–H and O–H groups in total. The first-order valence-corrected chi connectivity index (χ1v) is 25.8. The van der Waals surface area contributed by atoms with Crippen molar-refractivity contribution in [1.29, 1.82) is 0 Å². The third-order valence-corrected chi connectivity index (χ3v) is 18.5. The van der Waals surface area contributed by atoms with Crippen molar-refractivity contribution >= 4 is 68.4 Å². The molecule has 0 unspecified atom stereocenters. The topological polar surface area (TPSA) is 19.6 Å². The van der Waals surface area contributed by atoms with Crippen molar-refractivity contribution in [3.8, 4) is 0 Å². The number of hydrogen-bond acceptors (Lipinski definition) is 3. The van der Waals surface area contributed by atoms with Gasteiger partial charge in [0.25, 0.3) is 6.71 Å². The smallest absolute Gasteiger partial charge is 0.297 e. The molecule has 0 fully saturated rings. The van der Waals surface area contributed by atoms with E-state index in [1.54, 1.807) is 0 Å². The van der Waals surface area contributed by atoms with Gasteiger partial charge in [0.15, 0.2) is 0 Å². The maximum atomic E-state index is 7.73. The summed E-state index contributed by atoms with van der Waals surface area (Å²) in [6.45, 7) is 43.5. The Morgan fingerprint density at radius 2 is 0.910 bits per heavy atom. The number of hydrogen-bond donors (Lipinski definition) is 0. The van der Waals surface area contributed by atoms with Crippen LogP contribution in [0.15, 0.2) is 71.1 Å². The Balaban J connectivity index is 1.30. The first-order chi connectivity index (χ1) is 31.0. The van der Waals surface area contributed by atoms with E-state index in [1.807, 2.05) is 0 Å². The van der Waals surface area contributed by atoms with Crippen LogP contribution >= 0.6 is 0 Å². The summed E-state index contributed by atoms with van der Waals surface area (Å²) in [5.74, 6) is 0. The summed E-state index contributed by atoms with van der Waals surface area (Å²) in [7, 11) is 0. The molecule has 348 valence electrons. The number of anilines is 6. The molecule has 0 saturated carbocycles. The van der Waals surface area contributed by atoms with E-state index in [-0.39, 0.29) is 44.6 Å². The number of rotatable bonds is 2. The molecule has 3 aliphatic carbocycles. The third-order valence-electron chi connectivity index (χ3n) is 18.5. The van der Waals surface area contributed by atoms with Gasteiger partial charge >= 0.3 is 0 Å². The van der Waals surface area contributed by atoms with Crippen molar-refractivity contribution in [3.63, 3.8) is 0 Å². The van der Waals surface area contributed by atoms with Crippen LogP contribution in [-0.2, 0) is 37.9 Å². The molecule has 2 aliphatic heterocycles. The summed E-state index contributed by atoms with van der Waals surface area (Å²) < 4.78 is 7.73. The van der Waals surface area contributed by atoms with Crippen LogP contribution in [0.3, 0.4) is 0 Å². The molecule has 0 atom stereocenters. The largest absolute Gasteiger partial charge is 0.468 e. The van der Waals surface area contributed by atoms with Crippen molar-refractivity contribution < 1.29 is 4.42 Å². The first-order valence-electron chi connectivity index (χ1n) is 25.8. The second kappa shape index (κ2) is 13.8. The summed E-state index contributed by atoms with van der Waals surface area (Å²) in [5.41, 5.74) is 26.9. The maximum absolute atomic E-state index is 7.73. The van der Waals surface area contributed by atoms with E-state index < -0.39 is 0 Å². The van der Waals surface area contributed by atoms with E-state index in [2.05, 4.69) is 201 Å². The number of furan rings is 1. The monoisotopic (exact) mass is 889 g/mol. The molecule has 0 spiro atoms. The van der Waals surface area contributed by atoms with Gasteiger partial charge < -0.3 is 14.2 Å². The molecule has 5 aromatic carbocycles. The predicted octanol–water partition coefficient (Wildman–Crippen LogP) is 15.8. The number of nitrogens with zero attached hydrogens (tertiary/aromatic N) is 2. The Hall–Kier alpha value is -4.70. The van der Waals surface area contributed by atoms with E-state index >= 15 is 0 Å². The van der Waals surface area contributed by atoms with Gasteiger partial charge in [-0.05, 0) is 206 Å². The quantitative estimate of drug-likeness (QED) is 0.161. The number of fused-ring (bicyclic) bond motifs is 9. The van der Waals surface area contributed by atoms with E-state index in [1.165, 1.54) is 145 Å². The van der Waals surface area contributed by atoms with Crippen LogP contribution in [0.2, 0.25) is 0 Å². The van der Waals surface area contributed by atoms with Crippen LogP contribution < -0.4 is 26.4 Å². The zero-order chi connectivity index (χ0) is 48.1. The molecule has 6 aromatic rings. The van der Waals surface area contributed by atoms with E-state index in [0.29, 0.717) is 0 Å². The fourth-order valence-corrected chi connectivity index (χ4v) is 13.6. The van der Waals surface area contributed by atoms with Gasteiger partial charge in [-0.3, -0.25) is 0 Å². The van der Waals surface area contributed by atoms with Crippen LogP contribution in [0.1, 0.15) is 198 Å². The summed E-state index contributed by atoms with van der Waals surface area (Å²) >= 11 is 0. The van der Waals surface area contributed by atoms with Crippen LogP contribution in [0, 0.1) is 20.8 Å². The van der Waals surface area contributed by atoms with Crippen LogP contribution in [-0.4, -0.2) is 6.71 Å². The minimum atomic E-state index is -0.0952. The first kappa shape index (κ1) is 44.8. The van der Waals surface area contributed by atoms with Gasteiger partial charge in [-0.15, -0.1) is 0 Å². The Bertz CT molecular complexity index is 3120. The highest BCUT2D eigenvalue weighted by Crippen LogP contribution is 2.56. The molecule has 1 aromatic heterocycles. The number of benzene rings is 5. The average molecular weight is 889 g/mol. The van der Waals surface area contributed by atoms with Gasteiger partial charge in [-0.2, -0.15) is 0 Å². The lowest BCUT2D eigenvalue weighted by molar-refractivity contribution is 0.332. The van der Waals surface area contributed by atoms with Crippen molar-refractivity contribution in [1.82, 2.24) is 0 Å². The highest BCUT2D eigenvalue weighted by molar-refractivity contribution is 7.00. The Morgan fingerprint density at radius 1 is 0.463 bits per heavy atom. The van der Waals surface area contributed by atoms with Gasteiger partial charge in [-0.1, -0.05) is 128 Å². The lowest BCUT2D eigenvalue weighted by atomic mass is 9.35. The highest BCUT2D eigenvalue weighted by atomic mass is 16.3. The summed E-state index contributed by atoms with van der Waals surface area (Å²) in [6, 6.07) is 27.8. The second-order valence-electron chi connectivity index (χ2n) is 27.2. The Kier molecular flexibility index (Phi) is 9.20. The maximum Gasteiger partial charge on any atom is 0.297 e. The van der Waals surface area contributed by atoms with Crippen molar-refractivity contribution in [3.05, 3.63) is 122 Å². The molecular weight excluding hydrogens is 812 g/mol. The highest BCUT2D eigenvalue weighted by Gasteiger charge is 2.50. The fraction of sp³-hybridized carbons (Fsp3) is 0.492. The molecule has 4 heteroatoms. The minimum absolute atomic E-state index is 0.0415. The lowest BCUT2D eigenvalue weighted by Gasteiger charge is -2.47. The molecular formula is C63H77BN2O. The molecule has 11 rings (SSSR count). The van der Waals surface area contributed by atoms with Crippen molar-refractivity contribution in [2.24, 2.45) is 0 Å². The third kappa shape index (κ3) is 6.42. The average Bonchev–Trinajstić information content (AvgIpc) is 3.60. The molecule has 0 radical (unpaired) electrons. The van der Waals surface area contributed by atoms with Gasteiger partial charge in [0.05, 0.1) is 11.3 Å². The van der Waals surface area contributed by atoms with Crippen molar-refractivity contribution in [2.45, 2.75) is 201 Å². The standard InChI is InChI=1S/C63H77BN2O/c1-36-27-51-54-52(28-36)66(49-33-44-41(30-38(49)3)58(7,8)21-24-61(44,13)14)55-40-31-42-46(63(17,18)26-22-59(42,9)10)35-53(40)67-56(55)64(54)47-32-43-45(62(15,16)25-23-60(43,11)12)34-50(47)65(51)48-20-19-39(29-37(48)2)57(4,5)6/h19-20,27-35H,21-26H2,1-18H3. The summed E-state index contributed by atoms with van der Waals surface area (Å²) in [5, 5.41) is 1.24. The zero-order valence-electron chi connectivity index (χ0n) is 44.5. The van der Waals surface area contributed by atoms with Crippen LogP contribution in [0.4, 0.5) is 34.1 Å². The van der Waals surface area contributed by atoms with Crippen LogP contribution in [0.5, 0.6) is 0 Å². The Labute approximate surface area is 404 Å². The second-order valence-corrected chi connectivity index (χ2v) is 27.2. The molecule has 0 amide bonds. The summed E-state index contributed by atoms with van der Waals surface area (Å²) in [6.07, 6.45) is 7.04. The van der Waals surface area contributed by atoms with Crippen molar-refractivity contribution in [2.75, 3.05) is 9.80 Å². The minimum Gasteiger partial charge on any atom is -0.468 e. The number of aryl methyl sites for hydroxylation is 3. The summed E-state index contributed by atoms with van der Waals surface area (Å²) in [4.78, 5) is 5.35.